The predicted molar refractivity (Wildman–Crippen MR) is 100 cm³/mol. The first-order chi connectivity index (χ1) is 13.0. The third kappa shape index (κ3) is 4.44. The van der Waals surface area contributed by atoms with Crippen molar-refractivity contribution in [3.63, 3.8) is 0 Å². The lowest BCUT2D eigenvalue weighted by Crippen LogP contribution is -2.27. The lowest BCUT2D eigenvalue weighted by Gasteiger charge is -2.11. The summed E-state index contributed by atoms with van der Waals surface area (Å²) in [5.74, 6) is 0.825. The van der Waals surface area contributed by atoms with Gasteiger partial charge in [0.25, 0.3) is 0 Å². The lowest BCUT2D eigenvalue weighted by atomic mass is 10.2. The summed E-state index contributed by atoms with van der Waals surface area (Å²) in [5.41, 5.74) is 1.76. The van der Waals surface area contributed by atoms with Crippen molar-refractivity contribution in [1.29, 1.82) is 0 Å². The first-order valence-corrected chi connectivity index (χ1v) is 9.67. The van der Waals surface area contributed by atoms with Crippen LogP contribution in [0.1, 0.15) is 0 Å². The van der Waals surface area contributed by atoms with E-state index in [9.17, 15) is 8.42 Å². The smallest absolute Gasteiger partial charge is 0.240 e. The van der Waals surface area contributed by atoms with Gasteiger partial charge in [0.1, 0.15) is 0 Å². The summed E-state index contributed by atoms with van der Waals surface area (Å²) in [6, 6.07) is 10.1. The number of hydrogen-bond donors (Lipinski definition) is 1. The number of pyridine rings is 1. The van der Waals surface area contributed by atoms with Crippen molar-refractivity contribution in [2.45, 2.75) is 11.4 Å². The van der Waals surface area contributed by atoms with Crippen LogP contribution in [-0.2, 0) is 16.6 Å². The molecule has 0 saturated heterocycles. The van der Waals surface area contributed by atoms with Gasteiger partial charge in [0.15, 0.2) is 11.5 Å². The van der Waals surface area contributed by atoms with Crippen molar-refractivity contribution in [3.8, 4) is 22.8 Å². The van der Waals surface area contributed by atoms with Gasteiger partial charge in [0.2, 0.25) is 10.0 Å². The third-order valence-electron chi connectivity index (χ3n) is 3.92. The number of benzene rings is 1. The van der Waals surface area contributed by atoms with Gasteiger partial charge in [-0.3, -0.25) is 9.67 Å². The molecule has 142 valence electrons. The van der Waals surface area contributed by atoms with E-state index in [-0.39, 0.29) is 11.4 Å². The molecule has 27 heavy (non-hydrogen) atoms. The van der Waals surface area contributed by atoms with Gasteiger partial charge in [-0.2, -0.15) is 5.10 Å². The molecule has 0 bridgehead atoms. The van der Waals surface area contributed by atoms with Crippen molar-refractivity contribution in [3.05, 3.63) is 55.0 Å². The molecule has 0 radical (unpaired) electrons. The number of hydrogen-bond acceptors (Lipinski definition) is 6. The second kappa shape index (κ2) is 8.19. The molecule has 2 aromatic heterocycles. The van der Waals surface area contributed by atoms with Gasteiger partial charge in [-0.25, -0.2) is 13.1 Å². The molecule has 0 atom stereocenters. The summed E-state index contributed by atoms with van der Waals surface area (Å²) >= 11 is 0. The summed E-state index contributed by atoms with van der Waals surface area (Å²) in [4.78, 5) is 4.09. The quantitative estimate of drug-likeness (QED) is 0.634. The molecule has 0 amide bonds. The minimum atomic E-state index is -3.67. The van der Waals surface area contributed by atoms with Crippen LogP contribution in [0.4, 0.5) is 0 Å². The van der Waals surface area contributed by atoms with Crippen molar-refractivity contribution in [2.75, 3.05) is 20.8 Å². The molecular weight excluding hydrogens is 368 g/mol. The zero-order valence-corrected chi connectivity index (χ0v) is 15.8. The van der Waals surface area contributed by atoms with E-state index in [1.807, 2.05) is 18.2 Å². The Balaban J connectivity index is 1.64. The van der Waals surface area contributed by atoms with Crippen LogP contribution in [0.15, 0.2) is 59.9 Å². The summed E-state index contributed by atoms with van der Waals surface area (Å²) in [7, 11) is -0.716. The van der Waals surface area contributed by atoms with Crippen LogP contribution >= 0.6 is 0 Å². The van der Waals surface area contributed by atoms with Gasteiger partial charge in [0, 0.05) is 36.8 Å². The molecule has 0 unspecified atom stereocenters. The Morgan fingerprint density at radius 3 is 2.48 bits per heavy atom. The predicted octanol–water partition coefficient (Wildman–Crippen LogP) is 1.94. The van der Waals surface area contributed by atoms with E-state index in [0.717, 1.165) is 11.3 Å². The standard InChI is InChI=1S/C18H20N4O4S/c1-25-17-4-3-15(13-18(17)26-2)27(23,24)20-10-12-22-11-7-16(21-22)14-5-8-19-9-6-14/h3-9,11,13,20H,10,12H2,1-2H3. The highest BCUT2D eigenvalue weighted by molar-refractivity contribution is 7.89. The van der Waals surface area contributed by atoms with Crippen LogP contribution in [0, 0.1) is 0 Å². The van der Waals surface area contributed by atoms with Gasteiger partial charge < -0.3 is 9.47 Å². The number of sulfonamides is 1. The Hall–Kier alpha value is -2.91. The van der Waals surface area contributed by atoms with Crippen molar-refractivity contribution in [2.24, 2.45) is 0 Å². The van der Waals surface area contributed by atoms with Crippen molar-refractivity contribution in [1.82, 2.24) is 19.5 Å². The Kier molecular flexibility index (Phi) is 5.72. The number of aromatic nitrogens is 3. The molecule has 1 N–H and O–H groups in total. The molecule has 0 aliphatic carbocycles. The molecular formula is C18H20N4O4S. The minimum absolute atomic E-state index is 0.109. The first kappa shape index (κ1) is 18.9. The van der Waals surface area contributed by atoms with E-state index in [2.05, 4.69) is 14.8 Å². The van der Waals surface area contributed by atoms with Gasteiger partial charge in [-0.15, -0.1) is 0 Å². The number of methoxy groups -OCH3 is 2. The number of rotatable bonds is 8. The highest BCUT2D eigenvalue weighted by Crippen LogP contribution is 2.29. The summed E-state index contributed by atoms with van der Waals surface area (Å²) in [5, 5.41) is 4.44. The van der Waals surface area contributed by atoms with Crippen LogP contribution < -0.4 is 14.2 Å². The monoisotopic (exact) mass is 388 g/mol. The fourth-order valence-electron chi connectivity index (χ4n) is 2.52. The molecule has 0 fully saturated rings. The Labute approximate surface area is 157 Å². The maximum atomic E-state index is 12.5. The van der Waals surface area contributed by atoms with Crippen LogP contribution in [0.2, 0.25) is 0 Å². The minimum Gasteiger partial charge on any atom is -0.493 e. The summed E-state index contributed by atoms with van der Waals surface area (Å²) in [6.45, 7) is 0.603. The number of nitrogens with one attached hydrogen (secondary N) is 1. The number of ether oxygens (including phenoxy) is 2. The molecule has 8 nitrogen and oxygen atoms in total. The van der Waals surface area contributed by atoms with Crippen molar-refractivity contribution < 1.29 is 17.9 Å². The average molecular weight is 388 g/mol. The third-order valence-corrected chi connectivity index (χ3v) is 5.37. The molecule has 3 rings (SSSR count). The fraction of sp³-hybridized carbons (Fsp3) is 0.222. The zero-order chi connectivity index (χ0) is 19.3. The maximum absolute atomic E-state index is 12.5. The Bertz CT molecular complexity index is 1000. The Morgan fingerprint density at radius 1 is 1.04 bits per heavy atom. The average Bonchev–Trinajstić information content (AvgIpc) is 3.17. The van der Waals surface area contributed by atoms with Crippen LogP contribution in [0.5, 0.6) is 11.5 Å². The second-order valence-electron chi connectivity index (χ2n) is 5.61. The molecule has 3 aromatic rings. The van der Waals surface area contributed by atoms with Gasteiger partial charge in [-0.05, 0) is 30.3 Å². The molecule has 0 spiro atoms. The highest BCUT2D eigenvalue weighted by Gasteiger charge is 2.16. The number of nitrogens with zero attached hydrogens (tertiary/aromatic N) is 3. The van der Waals surface area contributed by atoms with Gasteiger partial charge >= 0.3 is 0 Å². The van der Waals surface area contributed by atoms with E-state index >= 15 is 0 Å². The van der Waals surface area contributed by atoms with Gasteiger partial charge in [0.05, 0.1) is 31.4 Å². The maximum Gasteiger partial charge on any atom is 0.240 e. The van der Waals surface area contributed by atoms with E-state index in [0.29, 0.717) is 18.0 Å². The van der Waals surface area contributed by atoms with Crippen LogP contribution in [-0.4, -0.2) is 43.9 Å². The molecule has 0 aliphatic heterocycles. The SMILES string of the molecule is COc1ccc(S(=O)(=O)NCCn2ccc(-c3ccncc3)n2)cc1OC. The second-order valence-corrected chi connectivity index (χ2v) is 7.38. The van der Waals surface area contributed by atoms with Gasteiger partial charge in [-0.1, -0.05) is 0 Å². The van der Waals surface area contributed by atoms with E-state index < -0.39 is 10.0 Å². The molecule has 2 heterocycles. The largest absolute Gasteiger partial charge is 0.493 e. The Morgan fingerprint density at radius 2 is 1.78 bits per heavy atom. The fourth-order valence-corrected chi connectivity index (χ4v) is 3.56. The van der Waals surface area contributed by atoms with E-state index in [1.54, 1.807) is 29.3 Å². The normalized spacial score (nSPS) is 11.3. The topological polar surface area (TPSA) is 95.3 Å². The van der Waals surface area contributed by atoms with Crippen LogP contribution in [0.25, 0.3) is 11.3 Å². The molecule has 0 saturated carbocycles. The lowest BCUT2D eigenvalue weighted by molar-refractivity contribution is 0.354. The molecule has 9 heteroatoms. The first-order valence-electron chi connectivity index (χ1n) is 8.19. The molecule has 1 aromatic carbocycles. The van der Waals surface area contributed by atoms with E-state index in [4.69, 9.17) is 9.47 Å². The highest BCUT2D eigenvalue weighted by atomic mass is 32.2. The van der Waals surface area contributed by atoms with Crippen molar-refractivity contribution >= 4 is 10.0 Å². The summed E-state index contributed by atoms with van der Waals surface area (Å²) in [6.07, 6.45) is 5.21. The van der Waals surface area contributed by atoms with Crippen LogP contribution in [0.3, 0.4) is 0 Å². The molecule has 0 aliphatic rings. The summed E-state index contributed by atoms with van der Waals surface area (Å²) < 4.78 is 39.5. The van der Waals surface area contributed by atoms with E-state index in [1.165, 1.54) is 26.4 Å². The zero-order valence-electron chi connectivity index (χ0n) is 15.0.